The van der Waals surface area contributed by atoms with Crippen LogP contribution in [0.2, 0.25) is 0 Å². The number of amides is 1. The third-order valence-electron chi connectivity index (χ3n) is 5.24. The Morgan fingerprint density at radius 1 is 1.18 bits per heavy atom. The van der Waals surface area contributed by atoms with Crippen LogP contribution in [0, 0.1) is 5.92 Å². The zero-order valence-electron chi connectivity index (χ0n) is 19.7. The van der Waals surface area contributed by atoms with E-state index < -0.39 is 11.2 Å². The van der Waals surface area contributed by atoms with Crippen molar-refractivity contribution in [1.29, 1.82) is 0 Å². The van der Waals surface area contributed by atoms with E-state index in [-0.39, 0.29) is 29.7 Å². The monoisotopic (exact) mass is 491 g/mol. The number of aromatic amines is 1. The summed E-state index contributed by atoms with van der Waals surface area (Å²) in [4.78, 5) is 44.3. The number of H-pyrrole nitrogens is 1. The number of carbonyl (C=O) groups excluding carboxylic acids is 1. The standard InChI is InChI=1S/C23H33N5O3S2/c1-5-26(6-2)23(32)33-15-18(29)27(13-12-16(3)4)19-20(24)28(22(31)25-21(19)30)14-17-10-8-7-9-11-17/h7-11,16H,5-6,12-15,24H2,1-4H3,(H,25,30,31). The Labute approximate surface area is 204 Å². The van der Waals surface area contributed by atoms with Crippen molar-refractivity contribution in [1.82, 2.24) is 14.5 Å². The minimum absolute atomic E-state index is 0.00513. The molecule has 0 aliphatic carbocycles. The van der Waals surface area contributed by atoms with Gasteiger partial charge in [0, 0.05) is 19.6 Å². The van der Waals surface area contributed by atoms with Crippen LogP contribution in [0.3, 0.4) is 0 Å². The fourth-order valence-electron chi connectivity index (χ4n) is 3.28. The molecular weight excluding hydrogens is 458 g/mol. The SMILES string of the molecule is CCN(CC)C(=S)SCC(=O)N(CCC(C)C)c1c(N)n(Cc2ccccc2)c(=O)[nH]c1=O. The van der Waals surface area contributed by atoms with Crippen molar-refractivity contribution < 1.29 is 4.79 Å². The molecule has 0 aliphatic heterocycles. The summed E-state index contributed by atoms with van der Waals surface area (Å²) < 4.78 is 1.92. The van der Waals surface area contributed by atoms with Gasteiger partial charge < -0.3 is 15.5 Å². The first-order chi connectivity index (χ1) is 15.7. The summed E-state index contributed by atoms with van der Waals surface area (Å²) in [6.07, 6.45) is 0.674. The maximum Gasteiger partial charge on any atom is 0.330 e. The van der Waals surface area contributed by atoms with Gasteiger partial charge in [-0.3, -0.25) is 19.1 Å². The molecule has 2 aromatic rings. The highest BCUT2D eigenvalue weighted by Gasteiger charge is 2.25. The summed E-state index contributed by atoms with van der Waals surface area (Å²) in [5.41, 5.74) is 5.91. The lowest BCUT2D eigenvalue weighted by molar-refractivity contribution is -0.116. The van der Waals surface area contributed by atoms with Crippen LogP contribution in [0.15, 0.2) is 39.9 Å². The molecule has 1 aromatic carbocycles. The Hall–Kier alpha value is -2.59. The van der Waals surface area contributed by atoms with E-state index in [2.05, 4.69) is 4.98 Å². The highest BCUT2D eigenvalue weighted by Crippen LogP contribution is 2.21. The second kappa shape index (κ2) is 12.6. The number of thioether (sulfide) groups is 1. The zero-order valence-corrected chi connectivity index (χ0v) is 21.3. The number of aromatic nitrogens is 2. The van der Waals surface area contributed by atoms with Crippen LogP contribution in [-0.2, 0) is 11.3 Å². The molecule has 0 bridgehead atoms. The number of thiocarbonyl (C=S) groups is 1. The van der Waals surface area contributed by atoms with Crippen LogP contribution < -0.4 is 21.9 Å². The van der Waals surface area contributed by atoms with Gasteiger partial charge in [-0.15, -0.1) is 0 Å². The average Bonchev–Trinajstić information content (AvgIpc) is 2.78. The van der Waals surface area contributed by atoms with Crippen LogP contribution in [0.1, 0.15) is 39.7 Å². The number of hydrogen-bond donors (Lipinski definition) is 2. The fraction of sp³-hybridized carbons (Fsp3) is 0.478. The summed E-state index contributed by atoms with van der Waals surface area (Å²) in [5, 5.41) is 0. The smallest absolute Gasteiger partial charge is 0.330 e. The molecule has 8 nitrogen and oxygen atoms in total. The Morgan fingerprint density at radius 2 is 1.82 bits per heavy atom. The maximum absolute atomic E-state index is 13.3. The Morgan fingerprint density at radius 3 is 2.39 bits per heavy atom. The molecule has 0 saturated heterocycles. The first kappa shape index (κ1) is 26.7. The summed E-state index contributed by atoms with van der Waals surface area (Å²) in [6.45, 7) is 10.1. The Kier molecular flexibility index (Phi) is 10.2. The van der Waals surface area contributed by atoms with Gasteiger partial charge >= 0.3 is 5.69 Å². The van der Waals surface area contributed by atoms with Gasteiger partial charge in [0.2, 0.25) is 5.91 Å². The fourth-order valence-corrected chi connectivity index (χ4v) is 4.56. The first-order valence-corrected chi connectivity index (χ1v) is 12.5. The summed E-state index contributed by atoms with van der Waals surface area (Å²) in [5.74, 6) is 0.0722. The maximum atomic E-state index is 13.3. The van der Waals surface area contributed by atoms with E-state index >= 15 is 0 Å². The Bertz CT molecular complexity index is 1060. The van der Waals surface area contributed by atoms with Crippen LogP contribution in [0.25, 0.3) is 0 Å². The molecule has 0 unspecified atom stereocenters. The molecule has 2 rings (SSSR count). The van der Waals surface area contributed by atoms with Gasteiger partial charge in [-0.05, 0) is 31.7 Å². The van der Waals surface area contributed by atoms with Crippen LogP contribution in [-0.4, -0.2) is 50.1 Å². The molecule has 10 heteroatoms. The number of nitrogen functional groups attached to an aromatic ring is 1. The van der Waals surface area contributed by atoms with E-state index in [9.17, 15) is 14.4 Å². The number of rotatable bonds is 10. The minimum Gasteiger partial charge on any atom is -0.383 e. The molecule has 3 N–H and O–H groups in total. The van der Waals surface area contributed by atoms with Crippen LogP contribution >= 0.6 is 24.0 Å². The molecule has 0 aliphatic rings. The number of benzene rings is 1. The average molecular weight is 492 g/mol. The van der Waals surface area contributed by atoms with Crippen LogP contribution in [0.5, 0.6) is 0 Å². The number of nitrogens with zero attached hydrogens (tertiary/aromatic N) is 3. The summed E-state index contributed by atoms with van der Waals surface area (Å²) >= 11 is 6.71. The van der Waals surface area contributed by atoms with Gasteiger partial charge in [-0.1, -0.05) is 68.2 Å². The number of nitrogens with one attached hydrogen (secondary N) is 1. The van der Waals surface area contributed by atoms with Gasteiger partial charge in [0.1, 0.15) is 10.1 Å². The molecule has 1 amide bonds. The van der Waals surface area contributed by atoms with Gasteiger partial charge in [0.15, 0.2) is 5.69 Å². The van der Waals surface area contributed by atoms with Crippen molar-refractivity contribution in [3.63, 3.8) is 0 Å². The Balaban J connectivity index is 2.41. The van der Waals surface area contributed by atoms with Gasteiger partial charge in [0.05, 0.1) is 12.3 Å². The minimum atomic E-state index is -0.671. The van der Waals surface area contributed by atoms with E-state index in [0.29, 0.717) is 23.2 Å². The third-order valence-corrected chi connectivity index (χ3v) is 6.75. The van der Waals surface area contributed by atoms with E-state index in [1.807, 2.05) is 62.9 Å². The molecule has 0 fully saturated rings. The lowest BCUT2D eigenvalue weighted by Crippen LogP contribution is -2.43. The van der Waals surface area contributed by atoms with E-state index in [4.69, 9.17) is 18.0 Å². The van der Waals surface area contributed by atoms with Crippen LogP contribution in [0.4, 0.5) is 11.5 Å². The highest BCUT2D eigenvalue weighted by atomic mass is 32.2. The van der Waals surface area contributed by atoms with Crippen molar-refractivity contribution in [2.45, 2.75) is 40.7 Å². The van der Waals surface area contributed by atoms with E-state index in [0.717, 1.165) is 18.7 Å². The molecule has 0 spiro atoms. The molecule has 1 aromatic heterocycles. The van der Waals surface area contributed by atoms with Crippen molar-refractivity contribution >= 4 is 45.7 Å². The largest absolute Gasteiger partial charge is 0.383 e. The van der Waals surface area contributed by atoms with Crippen molar-refractivity contribution in [3.05, 3.63) is 56.7 Å². The zero-order chi connectivity index (χ0) is 24.5. The number of anilines is 2. The molecule has 1 heterocycles. The second-order valence-corrected chi connectivity index (χ2v) is 9.63. The van der Waals surface area contributed by atoms with E-state index in [1.54, 1.807) is 0 Å². The predicted octanol–water partition coefficient (Wildman–Crippen LogP) is 2.91. The van der Waals surface area contributed by atoms with Gasteiger partial charge in [-0.25, -0.2) is 4.79 Å². The lowest BCUT2D eigenvalue weighted by atomic mass is 10.1. The van der Waals surface area contributed by atoms with Crippen molar-refractivity contribution in [2.24, 2.45) is 5.92 Å². The molecule has 180 valence electrons. The number of nitrogens with two attached hydrogens (primary N) is 1. The van der Waals surface area contributed by atoms with Crippen molar-refractivity contribution in [2.75, 3.05) is 36.0 Å². The topological polar surface area (TPSA) is 104 Å². The normalized spacial score (nSPS) is 10.9. The molecule has 0 radical (unpaired) electrons. The van der Waals surface area contributed by atoms with Gasteiger partial charge in [-0.2, -0.15) is 0 Å². The lowest BCUT2D eigenvalue weighted by Gasteiger charge is -2.26. The second-order valence-electron chi connectivity index (χ2n) is 8.02. The highest BCUT2D eigenvalue weighted by molar-refractivity contribution is 8.23. The molecular formula is C23H33N5O3S2. The van der Waals surface area contributed by atoms with Gasteiger partial charge in [0.25, 0.3) is 5.56 Å². The van der Waals surface area contributed by atoms with E-state index in [1.165, 1.54) is 21.2 Å². The quantitative estimate of drug-likeness (QED) is 0.493. The molecule has 0 saturated carbocycles. The number of hydrogen-bond acceptors (Lipinski definition) is 6. The summed E-state index contributed by atoms with van der Waals surface area (Å²) in [7, 11) is 0. The predicted molar refractivity (Wildman–Crippen MR) is 141 cm³/mol. The number of carbonyl (C=O) groups is 1. The molecule has 33 heavy (non-hydrogen) atoms. The molecule has 0 atom stereocenters. The van der Waals surface area contributed by atoms with Crippen molar-refractivity contribution in [3.8, 4) is 0 Å². The first-order valence-electron chi connectivity index (χ1n) is 11.1. The summed E-state index contributed by atoms with van der Waals surface area (Å²) in [6, 6.07) is 9.32. The third kappa shape index (κ3) is 7.20.